The molecule has 0 aliphatic heterocycles. The van der Waals surface area contributed by atoms with Crippen molar-refractivity contribution >= 4 is 23.6 Å². The second-order valence-corrected chi connectivity index (χ2v) is 7.40. The number of ether oxygens (including phenoxy) is 1. The number of carbonyl (C=O) groups is 2. The van der Waals surface area contributed by atoms with Crippen LogP contribution in [0.4, 0.5) is 5.69 Å². The van der Waals surface area contributed by atoms with Crippen LogP contribution in [0.25, 0.3) is 17.4 Å². The van der Waals surface area contributed by atoms with Crippen LogP contribution in [0.15, 0.2) is 58.5 Å². The van der Waals surface area contributed by atoms with Crippen LogP contribution in [-0.4, -0.2) is 18.5 Å². The lowest BCUT2D eigenvalue weighted by Crippen LogP contribution is -2.15. The number of benzene rings is 2. The minimum atomic E-state index is -0.501. The SMILES string of the molecule is CCOC(=O)c1ccc(-c2ccc(/C=C(\C#N)C(=O)Nc3c(C)cc(C)cc3C)o2)cc1. The zero-order valence-corrected chi connectivity index (χ0v) is 18.5. The average molecular weight is 428 g/mol. The number of carbonyl (C=O) groups excluding carboxylic acids is 2. The van der Waals surface area contributed by atoms with Crippen molar-refractivity contribution in [3.05, 3.63) is 82.1 Å². The van der Waals surface area contributed by atoms with E-state index in [0.717, 1.165) is 22.3 Å². The number of nitrogens with zero attached hydrogens (tertiary/aromatic N) is 1. The molecule has 0 saturated carbocycles. The van der Waals surface area contributed by atoms with E-state index in [1.165, 1.54) is 6.08 Å². The van der Waals surface area contributed by atoms with E-state index in [4.69, 9.17) is 9.15 Å². The van der Waals surface area contributed by atoms with E-state index in [1.54, 1.807) is 43.3 Å². The van der Waals surface area contributed by atoms with Gasteiger partial charge < -0.3 is 14.5 Å². The van der Waals surface area contributed by atoms with Crippen LogP contribution in [-0.2, 0) is 9.53 Å². The van der Waals surface area contributed by atoms with Gasteiger partial charge in [0.05, 0.1) is 12.2 Å². The molecule has 0 radical (unpaired) electrons. The molecule has 1 heterocycles. The quantitative estimate of drug-likeness (QED) is 0.314. The number of aryl methyl sites for hydroxylation is 3. The van der Waals surface area contributed by atoms with Crippen LogP contribution in [0, 0.1) is 32.1 Å². The maximum Gasteiger partial charge on any atom is 0.338 e. The van der Waals surface area contributed by atoms with E-state index >= 15 is 0 Å². The third-order valence-corrected chi connectivity index (χ3v) is 4.87. The van der Waals surface area contributed by atoms with Gasteiger partial charge in [-0.25, -0.2) is 4.79 Å². The molecule has 3 aromatic rings. The van der Waals surface area contributed by atoms with Gasteiger partial charge in [0.25, 0.3) is 5.91 Å². The Kier molecular flexibility index (Phi) is 6.91. The molecule has 1 N–H and O–H groups in total. The summed E-state index contributed by atoms with van der Waals surface area (Å²) in [6.45, 7) is 7.88. The van der Waals surface area contributed by atoms with Crippen LogP contribution >= 0.6 is 0 Å². The fourth-order valence-corrected chi connectivity index (χ4v) is 3.42. The lowest BCUT2D eigenvalue weighted by molar-refractivity contribution is -0.112. The maximum absolute atomic E-state index is 12.7. The smallest absolute Gasteiger partial charge is 0.338 e. The van der Waals surface area contributed by atoms with Crippen molar-refractivity contribution in [2.45, 2.75) is 27.7 Å². The summed E-state index contributed by atoms with van der Waals surface area (Å²) in [6, 6.07) is 16.1. The largest absolute Gasteiger partial charge is 0.462 e. The Morgan fingerprint density at radius 3 is 2.31 bits per heavy atom. The van der Waals surface area contributed by atoms with E-state index in [9.17, 15) is 14.9 Å². The predicted octanol–water partition coefficient (Wildman–Crippen LogP) is 5.59. The summed E-state index contributed by atoms with van der Waals surface area (Å²) in [7, 11) is 0. The highest BCUT2D eigenvalue weighted by atomic mass is 16.5. The number of anilines is 1. The number of nitriles is 1. The van der Waals surface area contributed by atoms with E-state index in [2.05, 4.69) is 5.32 Å². The van der Waals surface area contributed by atoms with Gasteiger partial charge in [0.1, 0.15) is 23.2 Å². The third kappa shape index (κ3) is 5.13. The molecule has 2 aromatic carbocycles. The van der Waals surface area contributed by atoms with E-state index in [1.807, 2.05) is 39.0 Å². The first-order chi connectivity index (χ1) is 15.3. The van der Waals surface area contributed by atoms with E-state index in [0.29, 0.717) is 29.4 Å². The first-order valence-electron chi connectivity index (χ1n) is 10.2. The lowest BCUT2D eigenvalue weighted by atomic mass is 10.0. The monoisotopic (exact) mass is 428 g/mol. The molecule has 0 aliphatic rings. The van der Waals surface area contributed by atoms with Crippen LogP contribution in [0.1, 0.15) is 39.7 Å². The van der Waals surface area contributed by atoms with Crippen molar-refractivity contribution in [3.63, 3.8) is 0 Å². The molecule has 6 nitrogen and oxygen atoms in total. The first kappa shape index (κ1) is 22.6. The first-order valence-corrected chi connectivity index (χ1v) is 10.2. The second-order valence-electron chi connectivity index (χ2n) is 7.40. The molecule has 0 bridgehead atoms. The Balaban J connectivity index is 1.79. The molecule has 0 saturated heterocycles. The number of rotatable bonds is 6. The molecule has 1 amide bonds. The Bertz CT molecular complexity index is 1200. The molecule has 0 spiro atoms. The Morgan fingerprint density at radius 2 is 1.72 bits per heavy atom. The Hall–Kier alpha value is -4.11. The van der Waals surface area contributed by atoms with Gasteiger partial charge in [0, 0.05) is 17.3 Å². The van der Waals surface area contributed by atoms with Crippen molar-refractivity contribution < 1.29 is 18.7 Å². The van der Waals surface area contributed by atoms with Gasteiger partial charge in [-0.05, 0) is 63.1 Å². The van der Waals surface area contributed by atoms with Crippen molar-refractivity contribution in [1.29, 1.82) is 5.26 Å². The van der Waals surface area contributed by atoms with Crippen molar-refractivity contribution in [1.82, 2.24) is 0 Å². The summed E-state index contributed by atoms with van der Waals surface area (Å²) in [6.07, 6.45) is 1.41. The minimum Gasteiger partial charge on any atom is -0.462 e. The third-order valence-electron chi connectivity index (χ3n) is 4.87. The van der Waals surface area contributed by atoms with Crippen molar-refractivity contribution in [3.8, 4) is 17.4 Å². The highest BCUT2D eigenvalue weighted by molar-refractivity contribution is 6.10. The summed E-state index contributed by atoms with van der Waals surface area (Å²) in [5.74, 6) is 0.0400. The molecular weight excluding hydrogens is 404 g/mol. The molecule has 0 atom stereocenters. The molecule has 1 aromatic heterocycles. The predicted molar refractivity (Wildman–Crippen MR) is 123 cm³/mol. The number of esters is 1. The van der Waals surface area contributed by atoms with Crippen molar-refractivity contribution in [2.24, 2.45) is 0 Å². The lowest BCUT2D eigenvalue weighted by Gasteiger charge is -2.12. The Morgan fingerprint density at radius 1 is 1.06 bits per heavy atom. The maximum atomic E-state index is 12.7. The molecule has 6 heteroatoms. The normalized spacial score (nSPS) is 11.0. The van der Waals surface area contributed by atoms with E-state index in [-0.39, 0.29) is 11.5 Å². The fraction of sp³-hybridized carbons (Fsp3) is 0.192. The molecule has 0 fully saturated rings. The summed E-state index contributed by atoms with van der Waals surface area (Å²) in [5, 5.41) is 12.3. The summed E-state index contributed by atoms with van der Waals surface area (Å²) < 4.78 is 10.8. The van der Waals surface area contributed by atoms with E-state index < -0.39 is 5.91 Å². The molecule has 0 unspecified atom stereocenters. The average Bonchev–Trinajstić information content (AvgIpc) is 3.23. The topological polar surface area (TPSA) is 92.3 Å². The fourth-order valence-electron chi connectivity index (χ4n) is 3.42. The van der Waals surface area contributed by atoms with Crippen LogP contribution in [0.5, 0.6) is 0 Å². The molecule has 3 rings (SSSR count). The summed E-state index contributed by atoms with van der Waals surface area (Å²) >= 11 is 0. The van der Waals surface area contributed by atoms with Gasteiger partial charge in [-0.2, -0.15) is 5.26 Å². The second kappa shape index (κ2) is 9.80. The van der Waals surface area contributed by atoms with Crippen LogP contribution in [0.3, 0.4) is 0 Å². The number of nitrogens with one attached hydrogen (secondary N) is 1. The van der Waals surface area contributed by atoms with Gasteiger partial charge in [0.2, 0.25) is 0 Å². The van der Waals surface area contributed by atoms with Gasteiger partial charge in [-0.15, -0.1) is 0 Å². The zero-order valence-electron chi connectivity index (χ0n) is 18.5. The zero-order chi connectivity index (χ0) is 23.3. The highest BCUT2D eigenvalue weighted by Crippen LogP contribution is 2.25. The summed E-state index contributed by atoms with van der Waals surface area (Å²) in [5.41, 5.74) is 4.80. The van der Waals surface area contributed by atoms with Crippen LogP contribution < -0.4 is 5.32 Å². The molecular formula is C26H24N2O4. The minimum absolute atomic E-state index is 0.0667. The number of hydrogen-bond acceptors (Lipinski definition) is 5. The summed E-state index contributed by atoms with van der Waals surface area (Å²) in [4.78, 5) is 24.5. The van der Waals surface area contributed by atoms with Gasteiger partial charge in [-0.1, -0.05) is 29.8 Å². The standard InChI is InChI=1S/C26H24N2O4/c1-5-31-26(30)20-8-6-19(7-9-20)23-11-10-22(32-23)14-21(15-27)25(29)28-24-17(3)12-16(2)13-18(24)4/h6-14H,5H2,1-4H3,(H,28,29)/b21-14+. The molecule has 32 heavy (non-hydrogen) atoms. The van der Waals surface area contributed by atoms with Gasteiger partial charge in [0.15, 0.2) is 0 Å². The molecule has 0 aliphatic carbocycles. The molecule has 162 valence electrons. The Labute approximate surface area is 187 Å². The van der Waals surface area contributed by atoms with Crippen molar-refractivity contribution in [2.75, 3.05) is 11.9 Å². The van der Waals surface area contributed by atoms with Crippen LogP contribution in [0.2, 0.25) is 0 Å². The van der Waals surface area contributed by atoms with Gasteiger partial charge in [-0.3, -0.25) is 4.79 Å². The number of furan rings is 1. The highest BCUT2D eigenvalue weighted by Gasteiger charge is 2.14. The van der Waals surface area contributed by atoms with Gasteiger partial charge >= 0.3 is 5.97 Å². The number of hydrogen-bond donors (Lipinski definition) is 1. The number of amides is 1.